The largest absolute Gasteiger partial charge is 0.336 e. The molecule has 3 heterocycles. The molecule has 1 aromatic carbocycles. The van der Waals surface area contributed by atoms with E-state index >= 15 is 0 Å². The van der Waals surface area contributed by atoms with Gasteiger partial charge < -0.3 is 9.80 Å². The summed E-state index contributed by atoms with van der Waals surface area (Å²) < 4.78 is 0. The second-order valence-electron chi connectivity index (χ2n) is 7.36. The smallest absolute Gasteiger partial charge is 0.276 e. The number of H-pyrrole nitrogens is 1. The fourth-order valence-corrected chi connectivity index (χ4v) is 4.49. The molecule has 4 rings (SSSR count). The van der Waals surface area contributed by atoms with E-state index in [4.69, 9.17) is 0 Å². The molecule has 0 unspecified atom stereocenters. The molecule has 1 aromatic heterocycles. The first-order valence-electron chi connectivity index (χ1n) is 8.96. The van der Waals surface area contributed by atoms with Crippen LogP contribution >= 0.6 is 0 Å². The van der Waals surface area contributed by atoms with Crippen molar-refractivity contribution >= 4 is 11.8 Å². The Bertz CT molecular complexity index is 861. The van der Waals surface area contributed by atoms with E-state index in [9.17, 15) is 9.59 Å². The Morgan fingerprint density at radius 2 is 1.88 bits per heavy atom. The average molecular weight is 353 g/mol. The molecule has 0 aliphatic carbocycles. The van der Waals surface area contributed by atoms with Crippen LogP contribution in [0.15, 0.2) is 24.3 Å². The molecule has 0 bridgehead atoms. The summed E-state index contributed by atoms with van der Waals surface area (Å²) in [4.78, 5) is 28.9. The lowest BCUT2D eigenvalue weighted by molar-refractivity contribution is -0.130. The zero-order valence-electron chi connectivity index (χ0n) is 15.3. The van der Waals surface area contributed by atoms with Crippen LogP contribution < -0.4 is 0 Å². The molecular weight excluding hydrogens is 330 g/mol. The number of carbonyl (C=O) groups excluding carboxylic acids is 2. The van der Waals surface area contributed by atoms with Crippen LogP contribution in [0.3, 0.4) is 0 Å². The number of nitrogens with one attached hydrogen (secondary N) is 1. The lowest BCUT2D eigenvalue weighted by atomic mass is 9.87. The number of rotatable bonds is 2. The molecule has 2 aromatic rings. The first-order chi connectivity index (χ1) is 12.5. The van der Waals surface area contributed by atoms with Crippen molar-refractivity contribution in [2.75, 3.05) is 19.6 Å². The van der Waals surface area contributed by atoms with E-state index in [1.165, 1.54) is 11.1 Å². The SMILES string of the molecule is CC(=O)N1C[C@H]2CN(C(=O)c3n[nH]nc3C)C[C@H]2[C@H]1c1ccccc1C. The molecule has 2 fully saturated rings. The lowest BCUT2D eigenvalue weighted by Crippen LogP contribution is -2.37. The van der Waals surface area contributed by atoms with Crippen molar-refractivity contribution in [2.45, 2.75) is 26.8 Å². The van der Waals surface area contributed by atoms with Gasteiger partial charge in [-0.2, -0.15) is 15.4 Å². The second-order valence-corrected chi connectivity index (χ2v) is 7.36. The minimum Gasteiger partial charge on any atom is -0.336 e. The minimum atomic E-state index is -0.0800. The number of benzene rings is 1. The van der Waals surface area contributed by atoms with Gasteiger partial charge in [-0.05, 0) is 25.0 Å². The van der Waals surface area contributed by atoms with E-state index in [2.05, 4.69) is 34.5 Å². The number of hydrogen-bond donors (Lipinski definition) is 1. The van der Waals surface area contributed by atoms with Crippen LogP contribution in [0.4, 0.5) is 0 Å². The number of aryl methyl sites for hydroxylation is 2. The minimum absolute atomic E-state index is 0.0231. The molecule has 136 valence electrons. The number of aromatic nitrogens is 3. The van der Waals surface area contributed by atoms with Crippen LogP contribution in [0.1, 0.15) is 40.3 Å². The summed E-state index contributed by atoms with van der Waals surface area (Å²) in [5, 5.41) is 10.5. The van der Waals surface area contributed by atoms with Crippen molar-refractivity contribution < 1.29 is 9.59 Å². The van der Waals surface area contributed by atoms with Gasteiger partial charge in [0.15, 0.2) is 5.69 Å². The van der Waals surface area contributed by atoms with Crippen LogP contribution in [0, 0.1) is 25.7 Å². The third kappa shape index (κ3) is 2.58. The topological polar surface area (TPSA) is 82.2 Å². The summed E-state index contributed by atoms with van der Waals surface area (Å²) in [6, 6.07) is 8.24. The van der Waals surface area contributed by atoms with E-state index in [0.717, 1.165) is 0 Å². The van der Waals surface area contributed by atoms with Crippen molar-refractivity contribution in [2.24, 2.45) is 11.8 Å². The predicted octanol–water partition coefficient (Wildman–Crippen LogP) is 1.71. The number of hydrogen-bond acceptors (Lipinski definition) is 4. The van der Waals surface area contributed by atoms with Crippen molar-refractivity contribution in [1.29, 1.82) is 0 Å². The van der Waals surface area contributed by atoms with Gasteiger partial charge in [0.25, 0.3) is 5.91 Å². The van der Waals surface area contributed by atoms with Gasteiger partial charge in [0.1, 0.15) is 0 Å². The molecule has 26 heavy (non-hydrogen) atoms. The van der Waals surface area contributed by atoms with Gasteiger partial charge in [0.05, 0.1) is 11.7 Å². The van der Waals surface area contributed by atoms with Gasteiger partial charge in [0.2, 0.25) is 5.91 Å². The summed E-state index contributed by atoms with van der Waals surface area (Å²) in [5.74, 6) is 0.553. The van der Waals surface area contributed by atoms with Gasteiger partial charge in [-0.3, -0.25) is 9.59 Å². The van der Waals surface area contributed by atoms with Crippen molar-refractivity contribution in [1.82, 2.24) is 25.2 Å². The monoisotopic (exact) mass is 353 g/mol. The van der Waals surface area contributed by atoms with Crippen LogP contribution in [0.5, 0.6) is 0 Å². The first-order valence-corrected chi connectivity index (χ1v) is 8.96. The van der Waals surface area contributed by atoms with E-state index < -0.39 is 0 Å². The summed E-state index contributed by atoms with van der Waals surface area (Å²) in [6.07, 6.45) is 0. The Labute approximate surface area is 152 Å². The molecule has 3 atom stereocenters. The van der Waals surface area contributed by atoms with E-state index in [1.54, 1.807) is 13.8 Å². The standard InChI is InChI=1S/C19H23N5O2/c1-11-6-4-5-7-15(11)18-16-10-23(8-14(16)9-24(18)13(3)25)19(26)17-12(2)20-22-21-17/h4-7,14,16,18H,8-10H2,1-3H3,(H,20,21,22)/t14-,16-,18-/m1/s1. The molecule has 2 aliphatic rings. The summed E-state index contributed by atoms with van der Waals surface area (Å²) >= 11 is 0. The Kier molecular flexibility index (Phi) is 4.01. The number of aromatic amines is 1. The molecule has 2 saturated heterocycles. The Balaban J connectivity index is 1.63. The predicted molar refractivity (Wildman–Crippen MR) is 95.3 cm³/mol. The third-order valence-corrected chi connectivity index (χ3v) is 5.79. The molecule has 7 heteroatoms. The highest BCUT2D eigenvalue weighted by atomic mass is 16.2. The zero-order chi connectivity index (χ0) is 18.4. The second kappa shape index (κ2) is 6.23. The normalized spacial score (nSPS) is 24.8. The molecule has 0 radical (unpaired) electrons. The van der Waals surface area contributed by atoms with E-state index in [0.29, 0.717) is 36.9 Å². The van der Waals surface area contributed by atoms with Crippen LogP contribution in [-0.4, -0.2) is 56.7 Å². The molecule has 2 aliphatic heterocycles. The van der Waals surface area contributed by atoms with Gasteiger partial charge >= 0.3 is 0 Å². The highest BCUT2D eigenvalue weighted by molar-refractivity contribution is 5.93. The van der Waals surface area contributed by atoms with Crippen LogP contribution in [0.2, 0.25) is 0 Å². The fourth-order valence-electron chi connectivity index (χ4n) is 4.49. The Morgan fingerprint density at radius 1 is 1.12 bits per heavy atom. The van der Waals surface area contributed by atoms with Gasteiger partial charge in [-0.25, -0.2) is 0 Å². The first kappa shape index (κ1) is 16.8. The molecule has 2 amide bonds. The van der Waals surface area contributed by atoms with Crippen LogP contribution in [-0.2, 0) is 4.79 Å². The van der Waals surface area contributed by atoms with Crippen molar-refractivity contribution in [3.05, 3.63) is 46.8 Å². The van der Waals surface area contributed by atoms with Gasteiger partial charge in [0, 0.05) is 38.4 Å². The highest BCUT2D eigenvalue weighted by Crippen LogP contribution is 2.45. The molecule has 0 spiro atoms. The maximum Gasteiger partial charge on any atom is 0.276 e. The number of likely N-dealkylation sites (tertiary alicyclic amines) is 2. The number of nitrogens with zero attached hydrogens (tertiary/aromatic N) is 4. The third-order valence-electron chi connectivity index (χ3n) is 5.79. The number of fused-ring (bicyclic) bond motifs is 1. The van der Waals surface area contributed by atoms with Crippen molar-refractivity contribution in [3.8, 4) is 0 Å². The summed E-state index contributed by atoms with van der Waals surface area (Å²) in [6.45, 7) is 7.48. The maximum atomic E-state index is 12.8. The summed E-state index contributed by atoms with van der Waals surface area (Å²) in [7, 11) is 0. The number of carbonyl (C=O) groups is 2. The molecule has 7 nitrogen and oxygen atoms in total. The summed E-state index contributed by atoms with van der Waals surface area (Å²) in [5.41, 5.74) is 3.37. The Hall–Kier alpha value is -2.70. The highest BCUT2D eigenvalue weighted by Gasteiger charge is 2.50. The molecule has 0 saturated carbocycles. The maximum absolute atomic E-state index is 12.8. The zero-order valence-corrected chi connectivity index (χ0v) is 15.3. The van der Waals surface area contributed by atoms with Gasteiger partial charge in [-0.1, -0.05) is 24.3 Å². The fraction of sp³-hybridized carbons (Fsp3) is 0.474. The quantitative estimate of drug-likeness (QED) is 0.891. The van der Waals surface area contributed by atoms with E-state index in [1.807, 2.05) is 21.9 Å². The Morgan fingerprint density at radius 3 is 2.54 bits per heavy atom. The molecule has 1 N–H and O–H groups in total. The molecular formula is C19H23N5O2. The van der Waals surface area contributed by atoms with Crippen molar-refractivity contribution in [3.63, 3.8) is 0 Å². The van der Waals surface area contributed by atoms with Gasteiger partial charge in [-0.15, -0.1) is 0 Å². The van der Waals surface area contributed by atoms with E-state index in [-0.39, 0.29) is 23.8 Å². The lowest BCUT2D eigenvalue weighted by Gasteiger charge is -2.30. The average Bonchev–Trinajstić information content (AvgIpc) is 3.28. The number of amides is 2. The van der Waals surface area contributed by atoms with Crippen LogP contribution in [0.25, 0.3) is 0 Å².